The smallest absolute Gasteiger partial charge is 0.410 e. The van der Waals surface area contributed by atoms with Crippen LogP contribution in [0.15, 0.2) is 30.3 Å². The normalized spacial score (nSPS) is 21.3. The molecule has 1 aliphatic carbocycles. The second kappa shape index (κ2) is 6.29. The fraction of sp³-hybridized carbons (Fsp3) is 0.529. The highest BCUT2D eigenvalue weighted by atomic mass is 16.6. The van der Waals surface area contributed by atoms with Crippen LogP contribution in [0.3, 0.4) is 0 Å². The van der Waals surface area contributed by atoms with Gasteiger partial charge in [0.15, 0.2) is 0 Å². The Labute approximate surface area is 126 Å². The van der Waals surface area contributed by atoms with Crippen molar-refractivity contribution in [3.8, 4) is 0 Å². The van der Waals surface area contributed by atoms with E-state index >= 15 is 0 Å². The van der Waals surface area contributed by atoms with Crippen LogP contribution in [0.25, 0.3) is 0 Å². The van der Waals surface area contributed by atoms with Crippen molar-refractivity contribution in [2.45, 2.75) is 51.8 Å². The third-order valence-electron chi connectivity index (χ3n) is 3.61. The Balaban J connectivity index is 2.07. The van der Waals surface area contributed by atoms with Crippen molar-refractivity contribution in [1.29, 1.82) is 0 Å². The molecular formula is C17H23NO3. The van der Waals surface area contributed by atoms with Gasteiger partial charge in [0, 0.05) is 18.5 Å². The predicted molar refractivity (Wildman–Crippen MR) is 80.8 cm³/mol. The number of hydrogen-bond donors (Lipinski definition) is 0. The summed E-state index contributed by atoms with van der Waals surface area (Å²) in [4.78, 5) is 24.9. The highest BCUT2D eigenvalue weighted by molar-refractivity contribution is 5.69. The first-order chi connectivity index (χ1) is 9.89. The largest absolute Gasteiger partial charge is 0.444 e. The number of rotatable bonds is 4. The molecule has 0 saturated heterocycles. The number of amides is 1. The van der Waals surface area contributed by atoms with Crippen molar-refractivity contribution >= 4 is 12.4 Å². The van der Waals surface area contributed by atoms with Gasteiger partial charge in [-0.3, -0.25) is 0 Å². The van der Waals surface area contributed by atoms with E-state index in [0.29, 0.717) is 6.54 Å². The molecule has 0 heterocycles. The minimum atomic E-state index is -0.514. The lowest BCUT2D eigenvalue weighted by atomic mass is 9.80. The zero-order valence-corrected chi connectivity index (χ0v) is 12.9. The number of carbonyl (C=O) groups is 2. The van der Waals surface area contributed by atoms with Crippen LogP contribution < -0.4 is 0 Å². The van der Waals surface area contributed by atoms with E-state index in [1.54, 1.807) is 4.90 Å². The average molecular weight is 289 g/mol. The third-order valence-corrected chi connectivity index (χ3v) is 3.61. The molecule has 0 aliphatic heterocycles. The fourth-order valence-electron chi connectivity index (χ4n) is 2.44. The summed E-state index contributed by atoms with van der Waals surface area (Å²) in [5, 5.41) is 0. The summed E-state index contributed by atoms with van der Waals surface area (Å²) in [7, 11) is 0. The van der Waals surface area contributed by atoms with Crippen LogP contribution in [0.4, 0.5) is 4.79 Å². The van der Waals surface area contributed by atoms with E-state index in [-0.39, 0.29) is 18.1 Å². The topological polar surface area (TPSA) is 46.6 Å². The standard InChI is InChI=1S/C17H23NO3/c1-17(2,3)21-16(20)18(15-9-14(10-15)12-19)11-13-7-5-4-6-8-13/h4-8,12,14-15H,9-11H2,1-3H3. The molecule has 0 bridgehead atoms. The molecule has 1 fully saturated rings. The number of hydrogen-bond acceptors (Lipinski definition) is 3. The van der Waals surface area contributed by atoms with Crippen molar-refractivity contribution in [2.24, 2.45) is 5.92 Å². The zero-order valence-electron chi connectivity index (χ0n) is 12.9. The average Bonchev–Trinajstić information content (AvgIpc) is 2.35. The van der Waals surface area contributed by atoms with Crippen molar-refractivity contribution in [3.05, 3.63) is 35.9 Å². The molecular weight excluding hydrogens is 266 g/mol. The predicted octanol–water partition coefficient (Wildman–Crippen LogP) is 3.40. The lowest BCUT2D eigenvalue weighted by Crippen LogP contribution is -2.49. The first-order valence-electron chi connectivity index (χ1n) is 7.38. The Kier molecular flexibility index (Phi) is 4.66. The van der Waals surface area contributed by atoms with Crippen molar-refractivity contribution in [3.63, 3.8) is 0 Å². The third kappa shape index (κ3) is 4.31. The summed E-state index contributed by atoms with van der Waals surface area (Å²) in [5.41, 5.74) is 0.553. The van der Waals surface area contributed by atoms with E-state index in [1.807, 2.05) is 51.1 Å². The second-order valence-corrected chi connectivity index (χ2v) is 6.62. The van der Waals surface area contributed by atoms with Crippen LogP contribution in [0.1, 0.15) is 39.2 Å². The highest BCUT2D eigenvalue weighted by Gasteiger charge is 2.37. The Morgan fingerprint density at radius 1 is 1.29 bits per heavy atom. The second-order valence-electron chi connectivity index (χ2n) is 6.62. The molecule has 21 heavy (non-hydrogen) atoms. The number of nitrogens with zero attached hydrogens (tertiary/aromatic N) is 1. The van der Waals surface area contributed by atoms with E-state index in [9.17, 15) is 9.59 Å². The van der Waals surface area contributed by atoms with Gasteiger partial charge in [0.2, 0.25) is 0 Å². The van der Waals surface area contributed by atoms with Crippen LogP contribution in [0.2, 0.25) is 0 Å². The molecule has 0 unspecified atom stereocenters. The first kappa shape index (κ1) is 15.5. The van der Waals surface area contributed by atoms with Crippen LogP contribution >= 0.6 is 0 Å². The molecule has 2 rings (SSSR count). The van der Waals surface area contributed by atoms with E-state index in [0.717, 1.165) is 24.7 Å². The summed E-state index contributed by atoms with van der Waals surface area (Å²) in [6, 6.07) is 9.94. The van der Waals surface area contributed by atoms with Gasteiger partial charge in [0.25, 0.3) is 0 Å². The number of aldehydes is 1. The molecule has 1 aliphatic rings. The lowest BCUT2D eigenvalue weighted by molar-refractivity contribution is -0.115. The van der Waals surface area contributed by atoms with Gasteiger partial charge in [-0.1, -0.05) is 30.3 Å². The Bertz CT molecular complexity index is 487. The molecule has 0 radical (unpaired) electrons. The molecule has 114 valence electrons. The number of benzene rings is 1. The molecule has 0 N–H and O–H groups in total. The molecule has 1 aromatic carbocycles. The summed E-state index contributed by atoms with van der Waals surface area (Å²) >= 11 is 0. The summed E-state index contributed by atoms with van der Waals surface area (Å²) < 4.78 is 5.50. The summed E-state index contributed by atoms with van der Waals surface area (Å²) in [6.07, 6.45) is 2.14. The Morgan fingerprint density at radius 2 is 1.90 bits per heavy atom. The van der Waals surface area contributed by atoms with Crippen LogP contribution in [0, 0.1) is 5.92 Å². The molecule has 0 aromatic heterocycles. The molecule has 0 spiro atoms. The monoisotopic (exact) mass is 289 g/mol. The van der Waals surface area contributed by atoms with E-state index in [2.05, 4.69) is 0 Å². The van der Waals surface area contributed by atoms with Gasteiger partial charge in [0.05, 0.1) is 0 Å². The Morgan fingerprint density at radius 3 is 2.43 bits per heavy atom. The van der Waals surface area contributed by atoms with Crippen LogP contribution in [-0.4, -0.2) is 28.9 Å². The van der Waals surface area contributed by atoms with Crippen LogP contribution in [0.5, 0.6) is 0 Å². The maximum atomic E-state index is 12.4. The van der Waals surface area contributed by atoms with Crippen molar-refractivity contribution in [1.82, 2.24) is 4.90 Å². The minimum absolute atomic E-state index is 0.0794. The van der Waals surface area contributed by atoms with Crippen molar-refractivity contribution in [2.75, 3.05) is 0 Å². The molecule has 4 heteroatoms. The maximum absolute atomic E-state index is 12.4. The summed E-state index contributed by atoms with van der Waals surface area (Å²) in [5.74, 6) is 0.0794. The van der Waals surface area contributed by atoms with E-state index < -0.39 is 5.60 Å². The Hall–Kier alpha value is -1.84. The molecule has 1 aromatic rings. The van der Waals surface area contributed by atoms with Gasteiger partial charge in [-0.25, -0.2) is 4.79 Å². The van der Waals surface area contributed by atoms with Gasteiger partial charge < -0.3 is 14.4 Å². The maximum Gasteiger partial charge on any atom is 0.410 e. The molecule has 4 nitrogen and oxygen atoms in total. The molecule has 1 saturated carbocycles. The zero-order chi connectivity index (χ0) is 15.5. The van der Waals surface area contributed by atoms with E-state index in [4.69, 9.17) is 4.74 Å². The van der Waals surface area contributed by atoms with Crippen LogP contribution in [-0.2, 0) is 16.1 Å². The minimum Gasteiger partial charge on any atom is -0.444 e. The lowest BCUT2D eigenvalue weighted by Gasteiger charge is -2.41. The van der Waals surface area contributed by atoms with Crippen molar-refractivity contribution < 1.29 is 14.3 Å². The highest BCUT2D eigenvalue weighted by Crippen LogP contribution is 2.32. The van der Waals surface area contributed by atoms with Gasteiger partial charge >= 0.3 is 6.09 Å². The number of carbonyl (C=O) groups excluding carboxylic acids is 2. The quantitative estimate of drug-likeness (QED) is 0.798. The fourth-order valence-corrected chi connectivity index (χ4v) is 2.44. The number of ether oxygens (including phenoxy) is 1. The van der Waals surface area contributed by atoms with Gasteiger partial charge in [-0.05, 0) is 39.2 Å². The molecule has 0 atom stereocenters. The molecule has 1 amide bonds. The van der Waals surface area contributed by atoms with Gasteiger partial charge in [-0.15, -0.1) is 0 Å². The SMILES string of the molecule is CC(C)(C)OC(=O)N(Cc1ccccc1)C1CC(C=O)C1. The van der Waals surface area contributed by atoms with E-state index in [1.165, 1.54) is 0 Å². The summed E-state index contributed by atoms with van der Waals surface area (Å²) in [6.45, 7) is 6.10. The van der Waals surface area contributed by atoms with Gasteiger partial charge in [0.1, 0.15) is 11.9 Å². The first-order valence-corrected chi connectivity index (χ1v) is 7.38. The van der Waals surface area contributed by atoms with Gasteiger partial charge in [-0.2, -0.15) is 0 Å².